The molecule has 114 valence electrons. The van der Waals surface area contributed by atoms with Gasteiger partial charge < -0.3 is 5.73 Å². The van der Waals surface area contributed by atoms with E-state index in [0.29, 0.717) is 11.0 Å². The van der Waals surface area contributed by atoms with Crippen LogP contribution in [0.25, 0.3) is 0 Å². The maximum absolute atomic E-state index is 4.50. The average molecular weight is 261 g/mol. The molecule has 0 atom stereocenters. The number of hydrogen-bond donors (Lipinski definition) is 1. The Hall–Kier alpha value is -0.0800. The molecule has 0 saturated carbocycles. The van der Waals surface area contributed by atoms with Crippen LogP contribution in [-0.2, 0) is 0 Å². The van der Waals surface area contributed by atoms with Gasteiger partial charge in [0, 0.05) is 12.1 Å². The van der Waals surface area contributed by atoms with Crippen LogP contribution in [-0.4, -0.2) is 30.6 Å². The fourth-order valence-corrected chi connectivity index (χ4v) is 2.10. The Bertz CT molecular complexity index is 157. The second-order valence-electron chi connectivity index (χ2n) is 6.14. The summed E-state index contributed by atoms with van der Waals surface area (Å²) in [6, 6.07) is 0. The fourth-order valence-electron chi connectivity index (χ4n) is 2.10. The molecule has 0 aliphatic carbocycles. The molecule has 0 radical (unpaired) electrons. The van der Waals surface area contributed by atoms with E-state index in [4.69, 9.17) is 0 Å². The van der Waals surface area contributed by atoms with Crippen LogP contribution < -0.4 is 5.73 Å². The lowest BCUT2D eigenvalue weighted by atomic mass is 9.90. The Labute approximate surface area is 117 Å². The van der Waals surface area contributed by atoms with E-state index in [1.807, 2.05) is 13.8 Å². The van der Waals surface area contributed by atoms with Gasteiger partial charge in [0.15, 0.2) is 0 Å². The highest BCUT2D eigenvalue weighted by Crippen LogP contribution is 2.25. The van der Waals surface area contributed by atoms with Gasteiger partial charge in [0.25, 0.3) is 0 Å². The van der Waals surface area contributed by atoms with Gasteiger partial charge >= 0.3 is 0 Å². The van der Waals surface area contributed by atoms with Gasteiger partial charge in [-0.05, 0) is 39.3 Å². The van der Waals surface area contributed by atoms with Crippen LogP contribution in [0.4, 0.5) is 0 Å². The number of nitrogens with zero attached hydrogens (tertiary/aromatic N) is 1. The smallest absolute Gasteiger partial charge is 0.0153 e. The molecule has 0 bridgehead atoms. The molecule has 0 aliphatic heterocycles. The Morgan fingerprint density at radius 2 is 1.28 bits per heavy atom. The molecule has 0 heterocycles. The Morgan fingerprint density at radius 1 is 0.889 bits per heavy atom. The van der Waals surface area contributed by atoms with E-state index in [-0.39, 0.29) is 0 Å². The monoisotopic (exact) mass is 260 g/mol. The van der Waals surface area contributed by atoms with Crippen LogP contribution in [0.15, 0.2) is 0 Å². The first-order valence-corrected chi connectivity index (χ1v) is 7.55. The Balaban J connectivity index is -0.000000506. The first-order valence-electron chi connectivity index (χ1n) is 7.55. The molecule has 18 heavy (non-hydrogen) atoms. The normalized spacial score (nSPS) is 11.3. The summed E-state index contributed by atoms with van der Waals surface area (Å²) in [5.41, 5.74) is 5.26. The summed E-state index contributed by atoms with van der Waals surface area (Å²) in [4.78, 5) is 2.61. The van der Waals surface area contributed by atoms with Crippen LogP contribution in [0.3, 0.4) is 0 Å². The molecular formula is C16H40N2. The zero-order valence-corrected chi connectivity index (χ0v) is 14.9. The molecule has 2 heteroatoms. The topological polar surface area (TPSA) is 29.3 Å². The van der Waals surface area contributed by atoms with Crippen LogP contribution in [0.5, 0.6) is 0 Å². The summed E-state index contributed by atoms with van der Waals surface area (Å²) < 4.78 is 0. The van der Waals surface area contributed by atoms with E-state index in [1.54, 1.807) is 0 Å². The molecule has 0 rings (SSSR count). The van der Waals surface area contributed by atoms with Crippen molar-refractivity contribution in [1.82, 2.24) is 4.90 Å². The van der Waals surface area contributed by atoms with E-state index in [9.17, 15) is 0 Å². The molecule has 0 aromatic rings. The fraction of sp³-hybridized carbons (Fsp3) is 1.00. The molecule has 0 aromatic carbocycles. The lowest BCUT2D eigenvalue weighted by Crippen LogP contribution is -2.47. The third-order valence-corrected chi connectivity index (χ3v) is 2.76. The van der Waals surface area contributed by atoms with Gasteiger partial charge in [-0.3, -0.25) is 4.90 Å². The summed E-state index contributed by atoms with van der Waals surface area (Å²) in [6.07, 6.45) is 2.56. The van der Waals surface area contributed by atoms with Gasteiger partial charge in [-0.2, -0.15) is 0 Å². The van der Waals surface area contributed by atoms with Crippen LogP contribution in [0.1, 0.15) is 75.2 Å². The van der Waals surface area contributed by atoms with Crippen molar-refractivity contribution in [2.75, 3.05) is 20.1 Å². The molecule has 0 fully saturated rings. The van der Waals surface area contributed by atoms with Gasteiger partial charge in [-0.25, -0.2) is 0 Å². The van der Waals surface area contributed by atoms with Gasteiger partial charge in [0.05, 0.1) is 0 Å². The van der Waals surface area contributed by atoms with Crippen molar-refractivity contribution in [2.24, 2.45) is 11.1 Å². The molecular weight excluding hydrogens is 220 g/mol. The van der Waals surface area contributed by atoms with E-state index in [0.717, 1.165) is 6.54 Å². The Kier molecular flexibility index (Phi) is 15.3. The van der Waals surface area contributed by atoms with Crippen molar-refractivity contribution in [3.05, 3.63) is 0 Å². The standard InChI is InChI=1S/C13H29N.C2H6.CH5N/c1-8-10-13(6,7)14(9-2)11-12(3,4)5;2*1-2/h8-11H2,1-7H3;1-2H3;2H2,1H3. The zero-order valence-electron chi connectivity index (χ0n) is 14.9. The largest absolute Gasteiger partial charge is 0.333 e. The zero-order chi connectivity index (χ0) is 15.4. The van der Waals surface area contributed by atoms with Crippen LogP contribution >= 0.6 is 0 Å². The number of rotatable bonds is 5. The van der Waals surface area contributed by atoms with Crippen molar-refractivity contribution in [3.63, 3.8) is 0 Å². The lowest BCUT2D eigenvalue weighted by molar-refractivity contribution is 0.0772. The minimum atomic E-state index is 0.358. The Morgan fingerprint density at radius 3 is 1.50 bits per heavy atom. The summed E-state index contributed by atoms with van der Waals surface area (Å²) in [6.45, 7) is 22.6. The maximum atomic E-state index is 4.50. The predicted octanol–water partition coefficient (Wildman–Crippen LogP) is 4.53. The van der Waals surface area contributed by atoms with E-state index >= 15 is 0 Å². The lowest BCUT2D eigenvalue weighted by Gasteiger charge is -2.41. The third-order valence-electron chi connectivity index (χ3n) is 2.76. The van der Waals surface area contributed by atoms with Gasteiger partial charge in [-0.1, -0.05) is 54.9 Å². The number of nitrogens with two attached hydrogens (primary N) is 1. The van der Waals surface area contributed by atoms with E-state index in [1.165, 1.54) is 26.4 Å². The van der Waals surface area contributed by atoms with Gasteiger partial charge in [-0.15, -0.1) is 0 Å². The summed E-state index contributed by atoms with van der Waals surface area (Å²) in [7, 11) is 1.50. The van der Waals surface area contributed by atoms with Crippen molar-refractivity contribution in [2.45, 2.75) is 80.7 Å². The molecule has 2 N–H and O–H groups in total. The quantitative estimate of drug-likeness (QED) is 0.786. The highest BCUT2D eigenvalue weighted by atomic mass is 15.2. The molecule has 0 spiro atoms. The highest BCUT2D eigenvalue weighted by molar-refractivity contribution is 4.83. The minimum absolute atomic E-state index is 0.358. The van der Waals surface area contributed by atoms with Crippen molar-refractivity contribution < 1.29 is 0 Å². The maximum Gasteiger partial charge on any atom is 0.0153 e. The predicted molar refractivity (Wildman–Crippen MR) is 87.1 cm³/mol. The molecule has 0 amide bonds. The second-order valence-corrected chi connectivity index (χ2v) is 6.14. The average Bonchev–Trinajstić information content (AvgIpc) is 2.30. The highest BCUT2D eigenvalue weighted by Gasteiger charge is 2.27. The van der Waals surface area contributed by atoms with Crippen molar-refractivity contribution in [3.8, 4) is 0 Å². The van der Waals surface area contributed by atoms with Crippen LogP contribution in [0, 0.1) is 5.41 Å². The SMILES string of the molecule is CC.CCCC(C)(C)N(CC)CC(C)(C)C.CN. The minimum Gasteiger partial charge on any atom is -0.333 e. The third kappa shape index (κ3) is 12.4. The summed E-state index contributed by atoms with van der Waals surface area (Å²) in [5, 5.41) is 0. The first-order chi connectivity index (χ1) is 8.23. The molecule has 0 aliphatic rings. The van der Waals surface area contributed by atoms with Gasteiger partial charge in [0.2, 0.25) is 0 Å². The second kappa shape index (κ2) is 12.0. The summed E-state index contributed by atoms with van der Waals surface area (Å²) in [5.74, 6) is 0. The first kappa shape index (κ1) is 23.0. The number of hydrogen-bond acceptors (Lipinski definition) is 2. The molecule has 0 unspecified atom stereocenters. The van der Waals surface area contributed by atoms with Gasteiger partial charge in [0.1, 0.15) is 0 Å². The molecule has 0 saturated heterocycles. The van der Waals surface area contributed by atoms with E-state index < -0.39 is 0 Å². The van der Waals surface area contributed by atoms with Crippen LogP contribution in [0.2, 0.25) is 0 Å². The molecule has 2 nitrogen and oxygen atoms in total. The van der Waals surface area contributed by atoms with Crippen molar-refractivity contribution in [1.29, 1.82) is 0 Å². The van der Waals surface area contributed by atoms with E-state index in [2.05, 4.69) is 59.1 Å². The summed E-state index contributed by atoms with van der Waals surface area (Å²) >= 11 is 0. The van der Waals surface area contributed by atoms with Crippen molar-refractivity contribution >= 4 is 0 Å². The molecule has 0 aromatic heterocycles.